The van der Waals surface area contributed by atoms with Gasteiger partial charge < -0.3 is 19.9 Å². The summed E-state index contributed by atoms with van der Waals surface area (Å²) in [5.41, 5.74) is 10.3. The van der Waals surface area contributed by atoms with Crippen molar-refractivity contribution < 1.29 is 28.6 Å². The maximum Gasteiger partial charge on any atom is 0.338 e. The summed E-state index contributed by atoms with van der Waals surface area (Å²) in [5.74, 6) is -1.15. The Morgan fingerprint density at radius 2 is 1.89 bits per heavy atom. The van der Waals surface area contributed by atoms with Crippen LogP contribution in [0.15, 0.2) is 42.5 Å². The normalized spacial score (nSPS) is 14.7. The predicted molar refractivity (Wildman–Crippen MR) is 98.8 cm³/mol. The first-order valence-corrected chi connectivity index (χ1v) is 8.51. The maximum absolute atomic E-state index is 12.1. The van der Waals surface area contributed by atoms with Crippen molar-refractivity contribution in [3.05, 3.63) is 53.1 Å². The van der Waals surface area contributed by atoms with Crippen LogP contribution in [0.5, 0.6) is 11.5 Å². The Morgan fingerprint density at radius 3 is 2.64 bits per heavy atom. The average molecular weight is 406 g/mol. The van der Waals surface area contributed by atoms with E-state index in [1.165, 1.54) is 18.2 Å². The highest BCUT2D eigenvalue weighted by Gasteiger charge is 2.27. The van der Waals surface area contributed by atoms with Crippen LogP contribution in [0.4, 0.5) is 5.69 Å². The van der Waals surface area contributed by atoms with E-state index in [1.807, 2.05) is 0 Å². The standard InChI is InChI=1S/C18H16ClN3O6/c19-11-6-5-10(7-12(11)20)18(25)27-9-16(23)21-22-17(24)15-8-26-13-3-1-2-4-14(13)28-15/h1-7,15H,8-9,20H2,(H,21,23)(H,22,24)/t15-/m1/s1. The number of ether oxygens (including phenoxy) is 3. The second-order valence-corrected chi connectivity index (χ2v) is 6.12. The third-order valence-corrected chi connectivity index (χ3v) is 4.04. The van der Waals surface area contributed by atoms with Crippen molar-refractivity contribution in [3.8, 4) is 11.5 Å². The lowest BCUT2D eigenvalue weighted by Crippen LogP contribution is -2.51. The lowest BCUT2D eigenvalue weighted by Gasteiger charge is -2.25. The van der Waals surface area contributed by atoms with Gasteiger partial charge in [0.1, 0.15) is 6.61 Å². The zero-order valence-corrected chi connectivity index (χ0v) is 15.2. The summed E-state index contributed by atoms with van der Waals surface area (Å²) in [5, 5.41) is 0.300. The van der Waals surface area contributed by atoms with Crippen LogP contribution in [0, 0.1) is 0 Å². The number of esters is 1. The number of nitrogens with one attached hydrogen (secondary N) is 2. The maximum atomic E-state index is 12.1. The zero-order valence-electron chi connectivity index (χ0n) is 14.4. The fourth-order valence-electron chi connectivity index (χ4n) is 2.28. The number of hydrazine groups is 1. The van der Waals surface area contributed by atoms with E-state index in [9.17, 15) is 14.4 Å². The van der Waals surface area contributed by atoms with Gasteiger partial charge in [0.2, 0.25) is 6.10 Å². The molecule has 0 spiro atoms. The van der Waals surface area contributed by atoms with E-state index in [1.54, 1.807) is 24.3 Å². The average Bonchev–Trinajstić information content (AvgIpc) is 2.71. The molecule has 2 aromatic carbocycles. The van der Waals surface area contributed by atoms with Crippen LogP contribution in [0.2, 0.25) is 5.02 Å². The van der Waals surface area contributed by atoms with Gasteiger partial charge in [-0.3, -0.25) is 20.4 Å². The Kier molecular flexibility index (Phi) is 5.85. The molecule has 2 amide bonds. The van der Waals surface area contributed by atoms with E-state index in [4.69, 9.17) is 31.5 Å². The molecule has 1 aliphatic rings. The van der Waals surface area contributed by atoms with Crippen molar-refractivity contribution in [2.75, 3.05) is 18.9 Å². The molecular weight excluding hydrogens is 390 g/mol. The molecule has 0 radical (unpaired) electrons. The summed E-state index contributed by atoms with van der Waals surface area (Å²) < 4.78 is 15.8. The Hall–Kier alpha value is -3.46. The number of hydrogen-bond donors (Lipinski definition) is 3. The summed E-state index contributed by atoms with van der Waals surface area (Å²) >= 11 is 5.78. The highest BCUT2D eigenvalue weighted by atomic mass is 35.5. The minimum atomic E-state index is -0.935. The van der Waals surface area contributed by atoms with Crippen LogP contribution in [0.1, 0.15) is 10.4 Å². The number of rotatable bonds is 4. The van der Waals surface area contributed by atoms with Crippen LogP contribution < -0.4 is 26.1 Å². The number of carbonyl (C=O) groups excluding carboxylic acids is 3. The Morgan fingerprint density at radius 1 is 1.14 bits per heavy atom. The van der Waals surface area contributed by atoms with Crippen molar-refractivity contribution in [3.63, 3.8) is 0 Å². The predicted octanol–water partition coefficient (Wildman–Crippen LogP) is 1.07. The molecule has 10 heteroatoms. The molecule has 4 N–H and O–H groups in total. The number of para-hydroxylation sites is 2. The number of nitrogens with two attached hydrogens (primary N) is 1. The number of benzene rings is 2. The molecule has 1 heterocycles. The molecule has 2 aromatic rings. The van der Waals surface area contributed by atoms with Gasteiger partial charge in [0.15, 0.2) is 18.1 Å². The molecular formula is C18H16ClN3O6. The van der Waals surface area contributed by atoms with E-state index in [-0.39, 0.29) is 17.9 Å². The van der Waals surface area contributed by atoms with Crippen LogP contribution in [-0.4, -0.2) is 37.1 Å². The van der Waals surface area contributed by atoms with Gasteiger partial charge in [-0.15, -0.1) is 0 Å². The van der Waals surface area contributed by atoms with Gasteiger partial charge in [-0.1, -0.05) is 23.7 Å². The Bertz CT molecular complexity index is 920. The minimum absolute atomic E-state index is 0.00824. The fourth-order valence-corrected chi connectivity index (χ4v) is 2.40. The molecule has 0 saturated carbocycles. The summed E-state index contributed by atoms with van der Waals surface area (Å²) in [4.78, 5) is 35.7. The van der Waals surface area contributed by atoms with E-state index in [2.05, 4.69) is 10.9 Å². The number of amides is 2. The fraction of sp³-hybridized carbons (Fsp3) is 0.167. The van der Waals surface area contributed by atoms with Gasteiger partial charge >= 0.3 is 5.97 Å². The third-order valence-electron chi connectivity index (χ3n) is 3.69. The first-order chi connectivity index (χ1) is 13.4. The van der Waals surface area contributed by atoms with Gasteiger partial charge in [-0.25, -0.2) is 4.79 Å². The molecule has 3 rings (SSSR count). The largest absolute Gasteiger partial charge is 0.485 e. The van der Waals surface area contributed by atoms with Gasteiger partial charge in [-0.2, -0.15) is 0 Å². The number of nitrogen functional groups attached to an aromatic ring is 1. The topological polar surface area (TPSA) is 129 Å². The van der Waals surface area contributed by atoms with Gasteiger partial charge in [0, 0.05) is 0 Å². The van der Waals surface area contributed by atoms with Crippen LogP contribution >= 0.6 is 11.6 Å². The van der Waals surface area contributed by atoms with Crippen LogP contribution in [0.25, 0.3) is 0 Å². The van der Waals surface area contributed by atoms with Gasteiger partial charge in [0.05, 0.1) is 16.3 Å². The SMILES string of the molecule is Nc1cc(C(=O)OCC(=O)NNC(=O)[C@H]2COc3ccccc3O2)ccc1Cl. The molecule has 0 saturated heterocycles. The smallest absolute Gasteiger partial charge is 0.338 e. The first-order valence-electron chi connectivity index (χ1n) is 8.13. The van der Waals surface area contributed by atoms with Gasteiger partial charge in [-0.05, 0) is 30.3 Å². The molecule has 0 bridgehead atoms. The number of anilines is 1. The highest BCUT2D eigenvalue weighted by molar-refractivity contribution is 6.33. The van der Waals surface area contributed by atoms with Crippen molar-refractivity contribution in [2.45, 2.75) is 6.10 Å². The molecule has 146 valence electrons. The summed E-state index contributed by atoms with van der Waals surface area (Å²) in [7, 11) is 0. The van der Waals surface area contributed by atoms with E-state index in [0.717, 1.165) is 0 Å². The van der Waals surface area contributed by atoms with Crippen molar-refractivity contribution >= 4 is 35.1 Å². The molecule has 9 nitrogen and oxygen atoms in total. The summed E-state index contributed by atoms with van der Waals surface area (Å²) in [6, 6.07) is 11.1. The summed E-state index contributed by atoms with van der Waals surface area (Å²) in [6.07, 6.45) is -0.935. The summed E-state index contributed by atoms with van der Waals surface area (Å²) in [6.45, 7) is -0.613. The monoisotopic (exact) mass is 405 g/mol. The number of hydrogen-bond acceptors (Lipinski definition) is 7. The zero-order chi connectivity index (χ0) is 20.1. The van der Waals surface area contributed by atoms with Crippen LogP contribution in [-0.2, 0) is 14.3 Å². The van der Waals surface area contributed by atoms with Crippen LogP contribution in [0.3, 0.4) is 0 Å². The molecule has 28 heavy (non-hydrogen) atoms. The van der Waals surface area contributed by atoms with E-state index >= 15 is 0 Å². The molecule has 0 aromatic heterocycles. The highest BCUT2D eigenvalue weighted by Crippen LogP contribution is 2.30. The lowest BCUT2D eigenvalue weighted by atomic mass is 10.2. The second kappa shape index (κ2) is 8.49. The Balaban J connectivity index is 1.43. The minimum Gasteiger partial charge on any atom is -0.485 e. The number of carbonyl (C=O) groups is 3. The Labute approximate surface area is 164 Å². The number of fused-ring (bicyclic) bond motifs is 1. The molecule has 1 aliphatic heterocycles. The molecule has 0 unspecified atom stereocenters. The first kappa shape index (κ1) is 19.3. The lowest BCUT2D eigenvalue weighted by molar-refractivity contribution is -0.135. The van der Waals surface area contributed by atoms with Gasteiger partial charge in [0.25, 0.3) is 11.8 Å². The van der Waals surface area contributed by atoms with Crippen molar-refractivity contribution in [1.29, 1.82) is 0 Å². The number of halogens is 1. The molecule has 0 fully saturated rings. The van der Waals surface area contributed by atoms with Crippen molar-refractivity contribution in [2.24, 2.45) is 0 Å². The molecule has 0 aliphatic carbocycles. The van der Waals surface area contributed by atoms with E-state index in [0.29, 0.717) is 16.5 Å². The van der Waals surface area contributed by atoms with Crippen molar-refractivity contribution in [1.82, 2.24) is 10.9 Å². The second-order valence-electron chi connectivity index (χ2n) is 5.71. The third kappa shape index (κ3) is 4.63. The molecule has 1 atom stereocenters. The quantitative estimate of drug-likeness (QED) is 0.394. The van der Waals surface area contributed by atoms with E-state index < -0.39 is 30.5 Å².